The van der Waals surface area contributed by atoms with E-state index in [0.29, 0.717) is 22.3 Å². The van der Waals surface area contributed by atoms with Crippen molar-refractivity contribution in [1.29, 1.82) is 0 Å². The minimum Gasteiger partial charge on any atom is -0.418 e. The van der Waals surface area contributed by atoms with E-state index in [1.807, 2.05) is 24.5 Å². The Hall–Kier alpha value is -2.10. The zero-order valence-electron chi connectivity index (χ0n) is 14.8. The van der Waals surface area contributed by atoms with Crippen LogP contribution in [0, 0.1) is 0 Å². The van der Waals surface area contributed by atoms with E-state index >= 15 is 0 Å². The molecule has 2 atom stereocenters. The highest BCUT2D eigenvalue weighted by Crippen LogP contribution is 2.36. The summed E-state index contributed by atoms with van der Waals surface area (Å²) in [5, 5.41) is 5.81. The summed E-state index contributed by atoms with van der Waals surface area (Å²) >= 11 is 12.7. The van der Waals surface area contributed by atoms with E-state index in [2.05, 4.69) is 33.9 Å². The van der Waals surface area contributed by atoms with Gasteiger partial charge in [-0.1, -0.05) is 58.2 Å². The van der Waals surface area contributed by atoms with E-state index in [1.165, 1.54) is 11.1 Å². The second-order valence-electron chi connectivity index (χ2n) is 6.65. The molecule has 0 saturated heterocycles. The minimum absolute atomic E-state index is 0.152. The zero-order chi connectivity index (χ0) is 20.8. The van der Waals surface area contributed by atoms with Gasteiger partial charge in [0.2, 0.25) is 6.33 Å². The lowest BCUT2D eigenvalue weighted by Crippen LogP contribution is -2.51. The first-order valence-corrected chi connectivity index (χ1v) is 9.49. The van der Waals surface area contributed by atoms with Crippen LogP contribution in [-0.4, -0.2) is 23.1 Å². The van der Waals surface area contributed by atoms with Crippen molar-refractivity contribution in [3.05, 3.63) is 75.8 Å². The summed E-state index contributed by atoms with van der Waals surface area (Å²) in [6, 6.07) is 14.1. The molecule has 4 nitrogen and oxygen atoms in total. The number of rotatable bonds is 1. The van der Waals surface area contributed by atoms with E-state index in [9.17, 15) is 17.3 Å². The fraction of sp³-hybridized carbons (Fsp3) is 0.222. The summed E-state index contributed by atoms with van der Waals surface area (Å²) in [7, 11) is -6.00. The van der Waals surface area contributed by atoms with Crippen molar-refractivity contribution in [2.75, 3.05) is 0 Å². The normalized spacial score (nSPS) is 19.7. The van der Waals surface area contributed by atoms with Crippen molar-refractivity contribution in [3.63, 3.8) is 0 Å². The molecule has 0 radical (unpaired) electrons. The van der Waals surface area contributed by atoms with Gasteiger partial charge in [-0.2, -0.15) is 0 Å². The Morgan fingerprint density at radius 2 is 1.69 bits per heavy atom. The quantitative estimate of drug-likeness (QED) is 0.305. The largest absolute Gasteiger partial charge is 0.673 e. The molecule has 5 rings (SSSR count). The Balaban J connectivity index is 0.000000369. The van der Waals surface area contributed by atoms with Crippen LogP contribution in [0.3, 0.4) is 0 Å². The number of para-hydroxylation sites is 1. The van der Waals surface area contributed by atoms with Crippen LogP contribution in [0.25, 0.3) is 5.69 Å². The summed E-state index contributed by atoms with van der Waals surface area (Å²) in [6.45, 7) is 0.490. The number of benzene rings is 2. The molecular formula is C18H14BCl2F4N3O. The molecule has 1 aromatic heterocycles. The van der Waals surface area contributed by atoms with Gasteiger partial charge in [0.15, 0.2) is 5.69 Å². The molecule has 152 valence electrons. The van der Waals surface area contributed by atoms with Crippen molar-refractivity contribution in [3.8, 4) is 5.69 Å². The van der Waals surface area contributed by atoms with Crippen LogP contribution in [0.4, 0.5) is 17.3 Å². The average Bonchev–Trinajstić information content (AvgIpc) is 3.20. The summed E-state index contributed by atoms with van der Waals surface area (Å²) in [5.41, 5.74) is 3.35. The van der Waals surface area contributed by atoms with Gasteiger partial charge in [-0.25, -0.2) is 4.57 Å². The summed E-state index contributed by atoms with van der Waals surface area (Å²) in [6.07, 6.45) is 3.06. The van der Waals surface area contributed by atoms with Crippen molar-refractivity contribution >= 4 is 30.5 Å². The molecule has 0 unspecified atom stereocenters. The van der Waals surface area contributed by atoms with Gasteiger partial charge in [-0.15, -0.1) is 0 Å². The Labute approximate surface area is 173 Å². The Bertz CT molecular complexity index is 1030. The predicted octanol–water partition coefficient (Wildman–Crippen LogP) is 4.81. The highest BCUT2D eigenvalue weighted by atomic mass is 35.5. The Morgan fingerprint density at radius 1 is 1.03 bits per heavy atom. The van der Waals surface area contributed by atoms with Crippen LogP contribution < -0.4 is 4.57 Å². The van der Waals surface area contributed by atoms with E-state index in [0.717, 1.165) is 12.2 Å². The number of fused-ring (bicyclic) bond motifs is 5. The molecule has 0 amide bonds. The van der Waals surface area contributed by atoms with E-state index in [4.69, 9.17) is 27.9 Å². The van der Waals surface area contributed by atoms with Crippen LogP contribution in [-0.2, 0) is 17.8 Å². The van der Waals surface area contributed by atoms with Gasteiger partial charge in [0.1, 0.15) is 18.8 Å². The molecule has 0 saturated carbocycles. The molecule has 0 bridgehead atoms. The molecule has 3 aromatic rings. The fourth-order valence-corrected chi connectivity index (χ4v) is 4.31. The minimum atomic E-state index is -6.00. The molecule has 29 heavy (non-hydrogen) atoms. The maximum Gasteiger partial charge on any atom is 0.673 e. The second-order valence-corrected chi connectivity index (χ2v) is 7.46. The number of hydrogen-bond acceptors (Lipinski definition) is 2. The van der Waals surface area contributed by atoms with Crippen molar-refractivity contribution in [1.82, 2.24) is 9.78 Å². The zero-order valence-corrected chi connectivity index (χ0v) is 16.3. The van der Waals surface area contributed by atoms with Gasteiger partial charge in [-0.3, -0.25) is 0 Å². The number of halogens is 6. The van der Waals surface area contributed by atoms with Crippen LogP contribution in [0.5, 0.6) is 0 Å². The third-order valence-electron chi connectivity index (χ3n) is 4.79. The number of nitrogens with zero attached hydrogens (tertiary/aromatic N) is 3. The maximum atomic E-state index is 9.75. The molecule has 0 spiro atoms. The molecular weight excluding hydrogens is 432 g/mol. The fourth-order valence-electron chi connectivity index (χ4n) is 3.74. The number of hydrogen-bond donors (Lipinski definition) is 0. The van der Waals surface area contributed by atoms with Crippen molar-refractivity contribution in [2.45, 2.75) is 25.2 Å². The molecule has 2 aliphatic rings. The van der Waals surface area contributed by atoms with Crippen LogP contribution in [0.2, 0.25) is 10.0 Å². The van der Waals surface area contributed by atoms with Gasteiger partial charge < -0.3 is 22.0 Å². The van der Waals surface area contributed by atoms with Gasteiger partial charge in [-0.05, 0) is 23.3 Å². The molecule has 1 aliphatic heterocycles. The Kier molecular flexibility index (Phi) is 5.31. The average molecular weight is 446 g/mol. The SMILES string of the molecule is Clc1cccc(Cl)c1-n1c[n+]2c(n1)CO[C@@H]1Cc3ccccc3[C@@H]12.F[B-](F)(F)F. The maximum absolute atomic E-state index is 9.75. The lowest BCUT2D eigenvalue weighted by atomic mass is 10.1. The smallest absolute Gasteiger partial charge is 0.418 e. The van der Waals surface area contributed by atoms with Gasteiger partial charge in [0, 0.05) is 11.5 Å². The molecule has 2 aromatic carbocycles. The van der Waals surface area contributed by atoms with E-state index < -0.39 is 7.25 Å². The van der Waals surface area contributed by atoms with E-state index in [-0.39, 0.29) is 12.1 Å². The summed E-state index contributed by atoms with van der Waals surface area (Å²) < 4.78 is 49.0. The lowest BCUT2D eigenvalue weighted by molar-refractivity contribution is -0.739. The van der Waals surface area contributed by atoms with Crippen LogP contribution in [0.15, 0.2) is 48.8 Å². The third kappa shape index (κ3) is 4.13. The standard InChI is InChI=1S/C18H14Cl2N3O.BF4/c19-13-6-3-7-14(20)18(13)23-10-22-16(21-23)9-24-15-8-11-4-1-2-5-12(11)17(15)22;2-1(3,4)5/h1-7,10,15,17H,8-9H2;/q+1;-1/t15-,17+;/m1./s1. The van der Waals surface area contributed by atoms with Crippen molar-refractivity contribution in [2.24, 2.45) is 0 Å². The Morgan fingerprint density at radius 3 is 2.38 bits per heavy atom. The van der Waals surface area contributed by atoms with Gasteiger partial charge in [0.25, 0.3) is 0 Å². The molecule has 0 N–H and O–H groups in total. The summed E-state index contributed by atoms with van der Waals surface area (Å²) in [5.74, 6) is 0.879. The lowest BCUT2D eigenvalue weighted by Gasteiger charge is -2.23. The first-order chi connectivity index (χ1) is 13.7. The highest BCUT2D eigenvalue weighted by molar-refractivity contribution is 6.50. The third-order valence-corrected chi connectivity index (χ3v) is 5.40. The van der Waals surface area contributed by atoms with Gasteiger partial charge >= 0.3 is 13.1 Å². The number of ether oxygens (including phenoxy) is 1. The topological polar surface area (TPSA) is 30.9 Å². The monoisotopic (exact) mass is 445 g/mol. The van der Waals surface area contributed by atoms with Crippen LogP contribution >= 0.6 is 23.2 Å². The van der Waals surface area contributed by atoms with Crippen LogP contribution in [0.1, 0.15) is 23.0 Å². The van der Waals surface area contributed by atoms with Crippen molar-refractivity contribution < 1.29 is 26.6 Å². The first kappa shape index (κ1) is 20.2. The molecule has 11 heteroatoms. The second kappa shape index (κ2) is 7.62. The highest BCUT2D eigenvalue weighted by Gasteiger charge is 2.43. The molecule has 0 fully saturated rings. The predicted molar refractivity (Wildman–Crippen MR) is 101 cm³/mol. The van der Waals surface area contributed by atoms with Gasteiger partial charge in [0.05, 0.1) is 10.0 Å². The first-order valence-electron chi connectivity index (χ1n) is 8.73. The number of aromatic nitrogens is 3. The molecule has 1 aliphatic carbocycles. The van der Waals surface area contributed by atoms with E-state index in [1.54, 1.807) is 4.68 Å². The summed E-state index contributed by atoms with van der Waals surface area (Å²) in [4.78, 5) is 0. The molecule has 2 heterocycles.